The summed E-state index contributed by atoms with van der Waals surface area (Å²) in [5, 5.41) is 2.39. The summed E-state index contributed by atoms with van der Waals surface area (Å²) in [7, 11) is 1.43. The smallest absolute Gasteiger partial charge is 0.230 e. The summed E-state index contributed by atoms with van der Waals surface area (Å²) < 4.78 is 26.8. The molecule has 0 atom stereocenters. The predicted octanol–water partition coefficient (Wildman–Crippen LogP) is 1.99. The molecular weight excluding hydrogens is 200 g/mol. The molecule has 0 saturated carbocycles. The van der Waals surface area contributed by atoms with Crippen LogP contribution < -0.4 is 5.32 Å². The minimum Gasteiger partial charge on any atom is -0.358 e. The number of amides is 1. The summed E-state index contributed by atoms with van der Waals surface area (Å²) in [6, 6.07) is 3.56. The monoisotopic (exact) mass is 213 g/mol. The van der Waals surface area contributed by atoms with Gasteiger partial charge in [0.15, 0.2) is 0 Å². The van der Waals surface area contributed by atoms with Crippen molar-refractivity contribution in [3.63, 3.8) is 0 Å². The standard InChI is InChI=1S/C11H13F2NO/c1-11(2,10(15)14-3)9-7(12)5-4-6-8(9)13/h4-6H,1-3H3,(H,14,15). The molecule has 0 aliphatic rings. The third-order valence-corrected chi connectivity index (χ3v) is 2.38. The number of likely N-dealkylation sites (N-methyl/N-ethyl adjacent to an activating group) is 1. The number of rotatable bonds is 2. The fourth-order valence-corrected chi connectivity index (χ4v) is 1.52. The van der Waals surface area contributed by atoms with Crippen LogP contribution in [0.25, 0.3) is 0 Å². The van der Waals surface area contributed by atoms with Gasteiger partial charge in [-0.2, -0.15) is 0 Å². The van der Waals surface area contributed by atoms with Gasteiger partial charge in [-0.1, -0.05) is 6.07 Å². The maximum Gasteiger partial charge on any atom is 0.230 e. The van der Waals surface area contributed by atoms with Gasteiger partial charge in [-0.05, 0) is 26.0 Å². The average molecular weight is 213 g/mol. The molecule has 0 radical (unpaired) electrons. The fraction of sp³-hybridized carbons (Fsp3) is 0.364. The van der Waals surface area contributed by atoms with Crippen LogP contribution in [0, 0.1) is 11.6 Å². The Balaban J connectivity index is 3.32. The first-order valence-corrected chi connectivity index (χ1v) is 4.58. The number of hydrogen-bond donors (Lipinski definition) is 1. The Hall–Kier alpha value is -1.45. The van der Waals surface area contributed by atoms with Crippen molar-refractivity contribution in [3.8, 4) is 0 Å². The Morgan fingerprint density at radius 1 is 1.27 bits per heavy atom. The van der Waals surface area contributed by atoms with Gasteiger partial charge in [-0.3, -0.25) is 4.79 Å². The molecule has 82 valence electrons. The van der Waals surface area contributed by atoms with E-state index in [1.165, 1.54) is 27.0 Å². The van der Waals surface area contributed by atoms with Gasteiger partial charge in [0.2, 0.25) is 5.91 Å². The summed E-state index contributed by atoms with van der Waals surface area (Å²) in [4.78, 5) is 11.5. The Morgan fingerprint density at radius 2 is 1.73 bits per heavy atom. The molecule has 0 aromatic heterocycles. The van der Waals surface area contributed by atoms with Gasteiger partial charge in [0.05, 0.1) is 5.41 Å². The van der Waals surface area contributed by atoms with E-state index in [1.807, 2.05) is 0 Å². The zero-order valence-electron chi connectivity index (χ0n) is 8.90. The minimum atomic E-state index is -1.22. The topological polar surface area (TPSA) is 29.1 Å². The highest BCUT2D eigenvalue weighted by molar-refractivity contribution is 5.87. The van der Waals surface area contributed by atoms with Gasteiger partial charge in [0.25, 0.3) is 0 Å². The van der Waals surface area contributed by atoms with E-state index < -0.39 is 23.0 Å². The van der Waals surface area contributed by atoms with E-state index in [-0.39, 0.29) is 5.56 Å². The SMILES string of the molecule is CNC(=O)C(C)(C)c1c(F)cccc1F. The molecule has 1 N–H and O–H groups in total. The first kappa shape index (κ1) is 11.6. The average Bonchev–Trinajstić information content (AvgIpc) is 2.15. The molecule has 15 heavy (non-hydrogen) atoms. The number of carbonyl (C=O) groups is 1. The van der Waals surface area contributed by atoms with Gasteiger partial charge < -0.3 is 5.32 Å². The molecule has 2 nitrogen and oxygen atoms in total. The molecule has 4 heteroatoms. The second-order valence-electron chi connectivity index (χ2n) is 3.80. The quantitative estimate of drug-likeness (QED) is 0.799. The van der Waals surface area contributed by atoms with E-state index in [1.54, 1.807) is 0 Å². The Kier molecular flexibility index (Phi) is 3.07. The summed E-state index contributed by atoms with van der Waals surface area (Å²) in [6.45, 7) is 2.96. The van der Waals surface area contributed by atoms with Crippen molar-refractivity contribution in [1.82, 2.24) is 5.32 Å². The van der Waals surface area contributed by atoms with Gasteiger partial charge in [-0.15, -0.1) is 0 Å². The summed E-state index contributed by atoms with van der Waals surface area (Å²) in [5.74, 6) is -1.83. The van der Waals surface area contributed by atoms with Crippen LogP contribution in [0.1, 0.15) is 19.4 Å². The predicted molar refractivity (Wildman–Crippen MR) is 53.5 cm³/mol. The van der Waals surface area contributed by atoms with E-state index in [4.69, 9.17) is 0 Å². The molecule has 0 spiro atoms. The zero-order valence-corrected chi connectivity index (χ0v) is 8.90. The van der Waals surface area contributed by atoms with Crippen LogP contribution in [0.15, 0.2) is 18.2 Å². The maximum absolute atomic E-state index is 13.4. The number of hydrogen-bond acceptors (Lipinski definition) is 1. The highest BCUT2D eigenvalue weighted by atomic mass is 19.1. The van der Waals surface area contributed by atoms with E-state index in [0.717, 1.165) is 12.1 Å². The van der Waals surface area contributed by atoms with Crippen molar-refractivity contribution < 1.29 is 13.6 Å². The molecule has 1 rings (SSSR count). The minimum absolute atomic E-state index is 0.204. The molecule has 0 saturated heterocycles. The molecule has 1 aromatic carbocycles. The van der Waals surface area contributed by atoms with Crippen LogP contribution >= 0.6 is 0 Å². The van der Waals surface area contributed by atoms with E-state index in [9.17, 15) is 13.6 Å². The maximum atomic E-state index is 13.4. The van der Waals surface area contributed by atoms with Crippen LogP contribution in [0.4, 0.5) is 8.78 Å². The third-order valence-electron chi connectivity index (χ3n) is 2.38. The van der Waals surface area contributed by atoms with Crippen molar-refractivity contribution in [2.24, 2.45) is 0 Å². The van der Waals surface area contributed by atoms with Crippen LogP contribution in [0.3, 0.4) is 0 Å². The van der Waals surface area contributed by atoms with Gasteiger partial charge in [-0.25, -0.2) is 8.78 Å². The van der Waals surface area contributed by atoms with Gasteiger partial charge in [0, 0.05) is 12.6 Å². The van der Waals surface area contributed by atoms with Crippen LogP contribution in [-0.4, -0.2) is 13.0 Å². The van der Waals surface area contributed by atoms with Crippen molar-refractivity contribution in [2.45, 2.75) is 19.3 Å². The normalized spacial score (nSPS) is 11.3. The molecule has 0 unspecified atom stereocenters. The Labute approximate surface area is 87.3 Å². The highest BCUT2D eigenvalue weighted by Gasteiger charge is 2.34. The van der Waals surface area contributed by atoms with E-state index >= 15 is 0 Å². The van der Waals surface area contributed by atoms with E-state index in [2.05, 4.69) is 5.32 Å². The lowest BCUT2D eigenvalue weighted by atomic mass is 9.83. The van der Waals surface area contributed by atoms with Crippen LogP contribution in [0.2, 0.25) is 0 Å². The molecule has 0 heterocycles. The second-order valence-corrected chi connectivity index (χ2v) is 3.80. The van der Waals surface area contributed by atoms with E-state index in [0.29, 0.717) is 0 Å². The van der Waals surface area contributed by atoms with Crippen LogP contribution in [-0.2, 0) is 10.2 Å². The number of nitrogens with one attached hydrogen (secondary N) is 1. The zero-order chi connectivity index (χ0) is 11.6. The van der Waals surface area contributed by atoms with Crippen molar-refractivity contribution in [3.05, 3.63) is 35.4 Å². The first-order chi connectivity index (χ1) is 6.91. The van der Waals surface area contributed by atoms with Gasteiger partial charge >= 0.3 is 0 Å². The molecule has 0 aliphatic heterocycles. The number of benzene rings is 1. The molecule has 0 fully saturated rings. The number of halogens is 2. The number of carbonyl (C=O) groups excluding carboxylic acids is 1. The fourth-order valence-electron chi connectivity index (χ4n) is 1.52. The highest BCUT2D eigenvalue weighted by Crippen LogP contribution is 2.28. The van der Waals surface area contributed by atoms with Crippen LogP contribution in [0.5, 0.6) is 0 Å². The molecule has 0 aliphatic carbocycles. The second kappa shape index (κ2) is 3.96. The molecule has 1 aromatic rings. The Bertz CT molecular complexity index is 368. The third kappa shape index (κ3) is 1.98. The van der Waals surface area contributed by atoms with Crippen molar-refractivity contribution >= 4 is 5.91 Å². The lowest BCUT2D eigenvalue weighted by Gasteiger charge is -2.23. The molecule has 0 bridgehead atoms. The largest absolute Gasteiger partial charge is 0.358 e. The lowest BCUT2D eigenvalue weighted by molar-refractivity contribution is -0.125. The Morgan fingerprint density at radius 3 is 2.13 bits per heavy atom. The first-order valence-electron chi connectivity index (χ1n) is 4.58. The summed E-state index contributed by atoms with van der Waals surface area (Å²) >= 11 is 0. The molecular formula is C11H13F2NO. The lowest BCUT2D eigenvalue weighted by Crippen LogP contribution is -2.39. The van der Waals surface area contributed by atoms with Crippen molar-refractivity contribution in [2.75, 3.05) is 7.05 Å². The molecule has 1 amide bonds. The summed E-state index contributed by atoms with van der Waals surface area (Å²) in [6.07, 6.45) is 0. The summed E-state index contributed by atoms with van der Waals surface area (Å²) in [5.41, 5.74) is -1.42. The van der Waals surface area contributed by atoms with Crippen molar-refractivity contribution in [1.29, 1.82) is 0 Å². The van der Waals surface area contributed by atoms with Gasteiger partial charge in [0.1, 0.15) is 11.6 Å².